The number of benzene rings is 1. The number of amides is 1. The van der Waals surface area contributed by atoms with Crippen LogP contribution in [0.4, 0.5) is 5.82 Å². The van der Waals surface area contributed by atoms with Gasteiger partial charge in [-0.15, -0.1) is 0 Å². The summed E-state index contributed by atoms with van der Waals surface area (Å²) in [5.41, 5.74) is 7.84. The van der Waals surface area contributed by atoms with Gasteiger partial charge in [-0.2, -0.15) is 4.37 Å². The van der Waals surface area contributed by atoms with E-state index in [1.165, 1.54) is 10.1 Å². The maximum Gasteiger partial charge on any atom is 0.272 e. The number of carbonyl (C=O) groups excluding carboxylic acids is 1. The lowest BCUT2D eigenvalue weighted by Gasteiger charge is -2.36. The number of allylic oxidation sites excluding steroid dienone is 1. The fraction of sp³-hybridized carbons (Fsp3) is 0.476. The maximum absolute atomic E-state index is 12.7. The fourth-order valence-electron chi connectivity index (χ4n) is 3.83. The average Bonchev–Trinajstić information content (AvgIpc) is 3.17. The molecule has 1 aromatic carbocycles. The van der Waals surface area contributed by atoms with Crippen molar-refractivity contribution in [3.8, 4) is 0 Å². The van der Waals surface area contributed by atoms with Crippen molar-refractivity contribution in [2.45, 2.75) is 13.8 Å². The summed E-state index contributed by atoms with van der Waals surface area (Å²) in [7, 11) is 0. The van der Waals surface area contributed by atoms with Crippen LogP contribution in [0.25, 0.3) is 10.1 Å². The summed E-state index contributed by atoms with van der Waals surface area (Å²) in [6, 6.07) is 8.42. The van der Waals surface area contributed by atoms with Crippen molar-refractivity contribution >= 4 is 39.1 Å². The molecule has 154 valence electrons. The first-order valence-corrected chi connectivity index (χ1v) is 10.9. The molecule has 3 heterocycles. The third-order valence-electron chi connectivity index (χ3n) is 5.79. The zero-order valence-electron chi connectivity index (χ0n) is 17.1. The number of fused-ring (bicyclic) bond motifs is 1. The van der Waals surface area contributed by atoms with Crippen molar-refractivity contribution in [2.75, 3.05) is 57.3 Å². The third-order valence-corrected chi connectivity index (χ3v) is 6.61. The molecule has 0 bridgehead atoms. The molecule has 1 aromatic heterocycles. The van der Waals surface area contributed by atoms with Crippen LogP contribution in [0.5, 0.6) is 0 Å². The van der Waals surface area contributed by atoms with Gasteiger partial charge in [0.1, 0.15) is 11.5 Å². The number of nitrogens with zero attached hydrogens (tertiary/aromatic N) is 5. The van der Waals surface area contributed by atoms with Gasteiger partial charge in [-0.3, -0.25) is 14.7 Å². The van der Waals surface area contributed by atoms with E-state index < -0.39 is 0 Å². The summed E-state index contributed by atoms with van der Waals surface area (Å²) in [4.78, 5) is 23.9. The van der Waals surface area contributed by atoms with Gasteiger partial charge in [-0.1, -0.05) is 12.1 Å². The molecular weight excluding hydrogens is 384 g/mol. The summed E-state index contributed by atoms with van der Waals surface area (Å²) in [6.45, 7) is 10.5. The topological polar surface area (TPSA) is 78.1 Å². The van der Waals surface area contributed by atoms with Crippen LogP contribution in [0.15, 0.2) is 40.5 Å². The van der Waals surface area contributed by atoms with Crippen LogP contribution in [0.2, 0.25) is 0 Å². The van der Waals surface area contributed by atoms with Gasteiger partial charge >= 0.3 is 0 Å². The smallest absolute Gasteiger partial charge is 0.272 e. The quantitative estimate of drug-likeness (QED) is 0.812. The molecular formula is C21H28N6OS. The van der Waals surface area contributed by atoms with E-state index in [2.05, 4.69) is 43.4 Å². The normalized spacial score (nSPS) is 19.5. The predicted octanol–water partition coefficient (Wildman–Crippen LogP) is 1.95. The highest BCUT2D eigenvalue weighted by molar-refractivity contribution is 7.13. The van der Waals surface area contributed by atoms with Gasteiger partial charge in [0.05, 0.1) is 11.2 Å². The first kappa shape index (κ1) is 19.8. The number of hydrogen-bond acceptors (Lipinski definition) is 7. The second-order valence-corrected chi connectivity index (χ2v) is 8.47. The first-order chi connectivity index (χ1) is 14.0. The average molecular weight is 413 g/mol. The number of carbonyl (C=O) groups is 1. The summed E-state index contributed by atoms with van der Waals surface area (Å²) < 4.78 is 5.92. The van der Waals surface area contributed by atoms with Crippen LogP contribution in [0.3, 0.4) is 0 Å². The van der Waals surface area contributed by atoms with Gasteiger partial charge in [-0.05, 0) is 43.1 Å². The van der Waals surface area contributed by atoms with Crippen LogP contribution in [0, 0.1) is 0 Å². The molecule has 4 rings (SSSR count). The van der Waals surface area contributed by atoms with Crippen LogP contribution in [-0.2, 0) is 4.79 Å². The van der Waals surface area contributed by atoms with Gasteiger partial charge in [0.25, 0.3) is 5.91 Å². The third kappa shape index (κ3) is 4.13. The van der Waals surface area contributed by atoms with Gasteiger partial charge in [0.2, 0.25) is 0 Å². The van der Waals surface area contributed by atoms with Crippen molar-refractivity contribution in [3.63, 3.8) is 0 Å². The molecule has 0 atom stereocenters. The molecule has 2 N–H and O–H groups in total. The number of nitrogens with two attached hydrogens (primary N) is 1. The Morgan fingerprint density at radius 2 is 1.86 bits per heavy atom. The maximum atomic E-state index is 12.7. The molecule has 0 saturated carbocycles. The molecule has 0 radical (unpaired) electrons. The van der Waals surface area contributed by atoms with E-state index in [-0.39, 0.29) is 5.91 Å². The first-order valence-electron chi connectivity index (χ1n) is 10.1. The van der Waals surface area contributed by atoms with E-state index in [9.17, 15) is 4.79 Å². The van der Waals surface area contributed by atoms with E-state index in [0.717, 1.165) is 50.7 Å². The van der Waals surface area contributed by atoms with Crippen LogP contribution in [0.1, 0.15) is 13.8 Å². The summed E-state index contributed by atoms with van der Waals surface area (Å²) >= 11 is 1.57. The number of anilines is 1. The van der Waals surface area contributed by atoms with Gasteiger partial charge in [-0.25, -0.2) is 0 Å². The van der Waals surface area contributed by atoms with Gasteiger partial charge in [0.15, 0.2) is 0 Å². The Bertz CT molecular complexity index is 953. The standard InChI is InChI=1S/C21H28N6OS/c1-15(16(2)22)19-21(28)27(8-7-23-19)14-11-25-9-12-26(13-10-25)20-17-5-3-4-6-18(17)29-24-20/h3-6H,7-14,22H2,1-2H3/b16-15-. The molecule has 0 spiro atoms. The Kier molecular flexibility index (Phi) is 5.82. The molecule has 2 aromatic rings. The molecule has 8 heteroatoms. The molecule has 1 saturated heterocycles. The summed E-state index contributed by atoms with van der Waals surface area (Å²) in [5.74, 6) is 1.11. The Hall–Kier alpha value is -2.45. The minimum atomic E-state index is 0.00567. The van der Waals surface area contributed by atoms with Crippen molar-refractivity contribution in [1.82, 2.24) is 14.2 Å². The highest BCUT2D eigenvalue weighted by Crippen LogP contribution is 2.29. The van der Waals surface area contributed by atoms with Crippen molar-refractivity contribution in [3.05, 3.63) is 35.5 Å². The van der Waals surface area contributed by atoms with Crippen molar-refractivity contribution < 1.29 is 4.79 Å². The van der Waals surface area contributed by atoms with E-state index in [1.54, 1.807) is 11.5 Å². The van der Waals surface area contributed by atoms with Gasteiger partial charge in [0, 0.05) is 56.9 Å². The zero-order chi connectivity index (χ0) is 20.4. The monoisotopic (exact) mass is 412 g/mol. The van der Waals surface area contributed by atoms with E-state index in [1.807, 2.05) is 18.7 Å². The van der Waals surface area contributed by atoms with E-state index >= 15 is 0 Å². The van der Waals surface area contributed by atoms with Crippen LogP contribution < -0.4 is 10.6 Å². The number of aliphatic imine (C=N–C) groups is 1. The minimum Gasteiger partial charge on any atom is -0.402 e. The Morgan fingerprint density at radius 3 is 2.62 bits per heavy atom. The van der Waals surface area contributed by atoms with E-state index in [4.69, 9.17) is 5.73 Å². The largest absolute Gasteiger partial charge is 0.402 e. The number of aromatic nitrogens is 1. The summed E-state index contributed by atoms with van der Waals surface area (Å²) in [5, 5.41) is 1.25. The number of rotatable bonds is 5. The molecule has 29 heavy (non-hydrogen) atoms. The van der Waals surface area contributed by atoms with Crippen molar-refractivity contribution in [1.29, 1.82) is 0 Å². The van der Waals surface area contributed by atoms with Crippen molar-refractivity contribution in [2.24, 2.45) is 10.7 Å². The van der Waals surface area contributed by atoms with Crippen LogP contribution in [-0.4, -0.2) is 78.2 Å². The Labute approximate surface area is 175 Å². The molecule has 1 amide bonds. The summed E-state index contributed by atoms with van der Waals surface area (Å²) in [6.07, 6.45) is 0. The second-order valence-electron chi connectivity index (χ2n) is 7.66. The number of piperazine rings is 1. The fourth-order valence-corrected chi connectivity index (χ4v) is 4.62. The Morgan fingerprint density at radius 1 is 1.10 bits per heavy atom. The second kappa shape index (κ2) is 8.51. The molecule has 0 aliphatic carbocycles. The van der Waals surface area contributed by atoms with E-state index in [0.29, 0.717) is 24.5 Å². The lowest BCUT2D eigenvalue weighted by molar-refractivity contribution is -0.124. The predicted molar refractivity (Wildman–Crippen MR) is 120 cm³/mol. The highest BCUT2D eigenvalue weighted by Gasteiger charge is 2.26. The molecule has 2 aliphatic heterocycles. The highest BCUT2D eigenvalue weighted by atomic mass is 32.1. The SMILES string of the molecule is C/C(N)=C(\C)C1=NCCN(CCN2CCN(c3nsc4ccccc34)CC2)C1=O. The Balaban J connectivity index is 1.31. The zero-order valence-corrected chi connectivity index (χ0v) is 17.9. The molecule has 1 fully saturated rings. The molecule has 2 aliphatic rings. The lowest BCUT2D eigenvalue weighted by Crippen LogP contribution is -2.51. The minimum absolute atomic E-state index is 0.00567. The van der Waals surface area contributed by atoms with Crippen LogP contribution >= 0.6 is 11.5 Å². The number of hydrogen-bond donors (Lipinski definition) is 1. The lowest BCUT2D eigenvalue weighted by atomic mass is 10.1. The molecule has 0 unspecified atom stereocenters. The molecule has 7 nitrogen and oxygen atoms in total. The van der Waals surface area contributed by atoms with Gasteiger partial charge < -0.3 is 15.5 Å².